The Morgan fingerprint density at radius 1 is 0.556 bits per heavy atom. The summed E-state index contributed by atoms with van der Waals surface area (Å²) in [5.41, 5.74) is -0.00680. The fourth-order valence-electron chi connectivity index (χ4n) is 3.29. The highest BCUT2D eigenvalue weighted by atomic mass is 16.4. The van der Waals surface area contributed by atoms with Crippen molar-refractivity contribution in [2.45, 2.75) is 109 Å². The molecule has 0 radical (unpaired) electrons. The molecule has 0 fully saturated rings. The van der Waals surface area contributed by atoms with Crippen LogP contribution in [-0.2, 0) is 9.59 Å². The van der Waals surface area contributed by atoms with Gasteiger partial charge in [0.15, 0.2) is 0 Å². The number of aliphatic hydroxyl groups excluding tert-OH is 1. The molecule has 0 aliphatic heterocycles. The number of rotatable bonds is 20. The summed E-state index contributed by atoms with van der Waals surface area (Å²) in [6, 6.07) is 0. The lowest BCUT2D eigenvalue weighted by atomic mass is 10.0. The van der Waals surface area contributed by atoms with Crippen molar-refractivity contribution in [1.82, 2.24) is 0 Å². The molecule has 0 aromatic rings. The van der Waals surface area contributed by atoms with Crippen LogP contribution in [0.1, 0.15) is 109 Å². The molecule has 158 valence electrons. The fourth-order valence-corrected chi connectivity index (χ4v) is 3.29. The van der Waals surface area contributed by atoms with E-state index in [0.717, 1.165) is 38.2 Å². The Bertz CT molecular complexity index is 404. The molecule has 5 heteroatoms. The number of carboxylic acid groups (broad SMARTS) is 2. The van der Waals surface area contributed by atoms with E-state index in [1.54, 1.807) is 0 Å². The van der Waals surface area contributed by atoms with Crippen molar-refractivity contribution < 1.29 is 24.9 Å². The van der Waals surface area contributed by atoms with Gasteiger partial charge >= 0.3 is 11.9 Å². The molecule has 0 saturated carbocycles. The number of carbonyl (C=O) groups is 2. The van der Waals surface area contributed by atoms with Crippen molar-refractivity contribution >= 4 is 11.9 Å². The second kappa shape index (κ2) is 19.4. The van der Waals surface area contributed by atoms with Gasteiger partial charge in [-0.05, 0) is 19.3 Å². The van der Waals surface area contributed by atoms with Crippen LogP contribution in [0.2, 0.25) is 0 Å². The third-order valence-corrected chi connectivity index (χ3v) is 4.93. The van der Waals surface area contributed by atoms with Crippen LogP contribution in [0.15, 0.2) is 11.6 Å². The van der Waals surface area contributed by atoms with Gasteiger partial charge in [0.05, 0.1) is 0 Å². The van der Waals surface area contributed by atoms with E-state index in [-0.39, 0.29) is 5.57 Å². The number of unbranched alkanes of at least 4 members (excludes halogenated alkanes) is 15. The van der Waals surface area contributed by atoms with Crippen LogP contribution in [0.5, 0.6) is 0 Å². The standard InChI is InChI=1S/C22H40O5/c23-18-16-14-12-10-8-6-4-2-1-3-5-7-9-11-13-15-17-20(22(26)27)19-21(24)25/h19,23H,1-18H2,(H,24,25)(H,26,27)/b20-19-. The molecule has 3 N–H and O–H groups in total. The lowest BCUT2D eigenvalue weighted by molar-refractivity contribution is -0.135. The summed E-state index contributed by atoms with van der Waals surface area (Å²) in [4.78, 5) is 21.4. The summed E-state index contributed by atoms with van der Waals surface area (Å²) >= 11 is 0. The number of aliphatic hydroxyl groups is 1. The predicted octanol–water partition coefficient (Wildman–Crippen LogP) is 5.71. The van der Waals surface area contributed by atoms with E-state index < -0.39 is 11.9 Å². The van der Waals surface area contributed by atoms with Gasteiger partial charge in [-0.25, -0.2) is 9.59 Å². The predicted molar refractivity (Wildman–Crippen MR) is 109 cm³/mol. The Kier molecular flexibility index (Phi) is 18.4. The van der Waals surface area contributed by atoms with Gasteiger partial charge in [-0.15, -0.1) is 0 Å². The van der Waals surface area contributed by atoms with Crippen LogP contribution in [0.4, 0.5) is 0 Å². The first kappa shape index (κ1) is 25.6. The molecule has 0 bridgehead atoms. The Hall–Kier alpha value is -1.36. The molecule has 0 saturated heterocycles. The molecule has 0 aromatic carbocycles. The van der Waals surface area contributed by atoms with E-state index in [1.807, 2.05) is 0 Å². The first-order chi connectivity index (χ1) is 13.1. The molecule has 0 aromatic heterocycles. The molecule has 0 aliphatic rings. The molecule has 27 heavy (non-hydrogen) atoms. The lowest BCUT2D eigenvalue weighted by Gasteiger charge is -2.04. The van der Waals surface area contributed by atoms with Crippen molar-refractivity contribution in [3.63, 3.8) is 0 Å². The smallest absolute Gasteiger partial charge is 0.331 e. The number of hydrogen-bond donors (Lipinski definition) is 3. The Morgan fingerprint density at radius 2 is 0.889 bits per heavy atom. The minimum Gasteiger partial charge on any atom is -0.478 e. The zero-order valence-corrected chi connectivity index (χ0v) is 17.0. The van der Waals surface area contributed by atoms with Crippen LogP contribution in [0.25, 0.3) is 0 Å². The van der Waals surface area contributed by atoms with Gasteiger partial charge in [0.25, 0.3) is 0 Å². The maximum absolute atomic E-state index is 10.9. The van der Waals surface area contributed by atoms with E-state index in [0.29, 0.717) is 13.0 Å². The van der Waals surface area contributed by atoms with Crippen LogP contribution >= 0.6 is 0 Å². The molecule has 0 unspecified atom stereocenters. The van der Waals surface area contributed by atoms with Gasteiger partial charge in [0, 0.05) is 18.3 Å². The van der Waals surface area contributed by atoms with E-state index in [1.165, 1.54) is 70.6 Å². The van der Waals surface area contributed by atoms with Gasteiger partial charge < -0.3 is 15.3 Å². The Balaban J connectivity index is 3.29. The molecule has 0 aliphatic carbocycles. The average molecular weight is 385 g/mol. The molecular formula is C22H40O5. The van der Waals surface area contributed by atoms with Crippen LogP contribution in [0, 0.1) is 0 Å². The van der Waals surface area contributed by atoms with E-state index in [4.69, 9.17) is 15.3 Å². The van der Waals surface area contributed by atoms with Crippen molar-refractivity contribution in [1.29, 1.82) is 0 Å². The first-order valence-corrected chi connectivity index (χ1v) is 10.9. The second-order valence-corrected chi connectivity index (χ2v) is 7.44. The molecule has 5 nitrogen and oxygen atoms in total. The monoisotopic (exact) mass is 384 g/mol. The van der Waals surface area contributed by atoms with Crippen LogP contribution < -0.4 is 0 Å². The average Bonchev–Trinajstić information content (AvgIpc) is 2.62. The zero-order chi connectivity index (χ0) is 20.2. The van der Waals surface area contributed by atoms with Gasteiger partial charge in [0.2, 0.25) is 0 Å². The van der Waals surface area contributed by atoms with Gasteiger partial charge in [-0.3, -0.25) is 0 Å². The van der Waals surface area contributed by atoms with Crippen molar-refractivity contribution in [2.75, 3.05) is 6.61 Å². The number of aliphatic carboxylic acids is 2. The third-order valence-electron chi connectivity index (χ3n) is 4.93. The Labute approximate surface area is 164 Å². The summed E-state index contributed by atoms with van der Waals surface area (Å²) in [5.74, 6) is -2.32. The number of hydrogen-bond acceptors (Lipinski definition) is 3. The van der Waals surface area contributed by atoms with E-state index >= 15 is 0 Å². The summed E-state index contributed by atoms with van der Waals surface area (Å²) in [6.07, 6.45) is 20.3. The van der Waals surface area contributed by atoms with Gasteiger partial charge in [-0.1, -0.05) is 89.9 Å². The highest BCUT2D eigenvalue weighted by molar-refractivity contribution is 5.94. The maximum atomic E-state index is 10.9. The third kappa shape index (κ3) is 19.2. The SMILES string of the molecule is O=C(O)/C=C(/CCCCCCCCCCCCCCCCCCO)C(=O)O. The summed E-state index contributed by atoms with van der Waals surface area (Å²) in [7, 11) is 0. The summed E-state index contributed by atoms with van der Waals surface area (Å²) in [5, 5.41) is 26.3. The van der Waals surface area contributed by atoms with Crippen molar-refractivity contribution in [3.8, 4) is 0 Å². The van der Waals surface area contributed by atoms with E-state index in [9.17, 15) is 9.59 Å². The Morgan fingerprint density at radius 3 is 1.19 bits per heavy atom. The fraction of sp³-hybridized carbons (Fsp3) is 0.818. The maximum Gasteiger partial charge on any atom is 0.331 e. The lowest BCUT2D eigenvalue weighted by Crippen LogP contribution is -2.04. The topological polar surface area (TPSA) is 94.8 Å². The van der Waals surface area contributed by atoms with Gasteiger partial charge in [-0.2, -0.15) is 0 Å². The number of carboxylic acids is 2. The molecule has 0 heterocycles. The highest BCUT2D eigenvalue weighted by Crippen LogP contribution is 2.15. The molecule has 0 atom stereocenters. The minimum atomic E-state index is -1.19. The molecule has 0 amide bonds. The van der Waals surface area contributed by atoms with E-state index in [2.05, 4.69) is 0 Å². The summed E-state index contributed by atoms with van der Waals surface area (Å²) in [6.45, 7) is 0.329. The highest BCUT2D eigenvalue weighted by Gasteiger charge is 2.08. The molecular weight excluding hydrogens is 344 g/mol. The normalized spacial score (nSPS) is 11.7. The largest absolute Gasteiger partial charge is 0.478 e. The van der Waals surface area contributed by atoms with Crippen LogP contribution in [0.3, 0.4) is 0 Å². The van der Waals surface area contributed by atoms with Crippen molar-refractivity contribution in [3.05, 3.63) is 11.6 Å². The van der Waals surface area contributed by atoms with Crippen LogP contribution in [-0.4, -0.2) is 33.9 Å². The van der Waals surface area contributed by atoms with Gasteiger partial charge in [0.1, 0.15) is 0 Å². The second-order valence-electron chi connectivity index (χ2n) is 7.44. The minimum absolute atomic E-state index is 0.00680. The van der Waals surface area contributed by atoms with Crippen molar-refractivity contribution in [2.24, 2.45) is 0 Å². The molecule has 0 rings (SSSR count). The summed E-state index contributed by atoms with van der Waals surface area (Å²) < 4.78 is 0. The molecule has 0 spiro atoms. The zero-order valence-electron chi connectivity index (χ0n) is 17.0. The quantitative estimate of drug-likeness (QED) is 0.185. The first-order valence-electron chi connectivity index (χ1n) is 10.9.